The maximum atomic E-state index is 12.7. The molecule has 0 bridgehead atoms. The summed E-state index contributed by atoms with van der Waals surface area (Å²) < 4.78 is 3.24. The summed E-state index contributed by atoms with van der Waals surface area (Å²) >= 11 is 0. The average molecular weight is 351 g/mol. The highest BCUT2D eigenvalue weighted by Gasteiger charge is 2.16. The summed E-state index contributed by atoms with van der Waals surface area (Å²) in [5.41, 5.74) is 4.60. The van der Waals surface area contributed by atoms with Gasteiger partial charge in [-0.1, -0.05) is 44.2 Å². The third-order valence-electron chi connectivity index (χ3n) is 4.81. The van der Waals surface area contributed by atoms with E-state index in [9.17, 15) is 9.59 Å². The largest absolute Gasteiger partial charge is 0.329 e. The Morgan fingerprint density at radius 1 is 0.885 bits per heavy atom. The number of amides is 1. The van der Waals surface area contributed by atoms with E-state index < -0.39 is 0 Å². The van der Waals surface area contributed by atoms with E-state index >= 15 is 0 Å². The molecule has 26 heavy (non-hydrogen) atoms. The Morgan fingerprint density at radius 2 is 1.46 bits per heavy atom. The van der Waals surface area contributed by atoms with E-state index in [1.165, 1.54) is 0 Å². The quantitative estimate of drug-likeness (QED) is 0.738. The number of nitrogens with zero attached hydrogens (tertiary/aromatic N) is 2. The summed E-state index contributed by atoms with van der Waals surface area (Å²) in [5.74, 6) is -0.179. The first-order valence-electron chi connectivity index (χ1n) is 9.19. The summed E-state index contributed by atoms with van der Waals surface area (Å²) in [6.07, 6.45) is 1.69. The number of fused-ring (bicyclic) bond motifs is 1. The fourth-order valence-corrected chi connectivity index (χ4v) is 3.46. The summed E-state index contributed by atoms with van der Waals surface area (Å²) in [5, 5.41) is 3.04. The summed E-state index contributed by atoms with van der Waals surface area (Å²) in [6, 6.07) is 13.7. The highest BCUT2D eigenvalue weighted by molar-refractivity contribution is 5.93. The van der Waals surface area contributed by atoms with Gasteiger partial charge in [-0.15, -0.1) is 0 Å². The lowest BCUT2D eigenvalue weighted by Gasteiger charge is -2.14. The van der Waals surface area contributed by atoms with Crippen molar-refractivity contribution in [3.05, 3.63) is 64.1 Å². The number of para-hydroxylation sites is 3. The summed E-state index contributed by atoms with van der Waals surface area (Å²) in [7, 11) is 0. The normalized spacial score (nSPS) is 11.0. The number of hydrogen-bond donors (Lipinski definition) is 1. The summed E-state index contributed by atoms with van der Waals surface area (Å²) in [4.78, 5) is 25.4. The van der Waals surface area contributed by atoms with Crippen LogP contribution in [0.3, 0.4) is 0 Å². The van der Waals surface area contributed by atoms with Crippen molar-refractivity contribution in [2.24, 2.45) is 0 Å². The number of rotatable bonds is 6. The van der Waals surface area contributed by atoms with Crippen LogP contribution in [0.1, 0.15) is 31.9 Å². The molecule has 1 heterocycles. The maximum absolute atomic E-state index is 12.7. The van der Waals surface area contributed by atoms with Crippen molar-refractivity contribution in [1.82, 2.24) is 9.13 Å². The number of aromatic nitrogens is 2. The number of benzene rings is 2. The Kier molecular flexibility index (Phi) is 5.26. The Labute approximate surface area is 153 Å². The molecule has 1 aromatic heterocycles. The Hall–Kier alpha value is -2.82. The third-order valence-corrected chi connectivity index (χ3v) is 4.81. The number of hydrogen-bond acceptors (Lipinski definition) is 2. The van der Waals surface area contributed by atoms with Gasteiger partial charge in [0.05, 0.1) is 11.0 Å². The van der Waals surface area contributed by atoms with Gasteiger partial charge in [0.2, 0.25) is 5.91 Å². The topological polar surface area (TPSA) is 56.0 Å². The lowest BCUT2D eigenvalue weighted by Crippen LogP contribution is -2.29. The van der Waals surface area contributed by atoms with Crippen LogP contribution in [0.4, 0.5) is 5.69 Å². The van der Waals surface area contributed by atoms with Crippen molar-refractivity contribution in [3.8, 4) is 0 Å². The second-order valence-corrected chi connectivity index (χ2v) is 6.31. The van der Waals surface area contributed by atoms with E-state index in [2.05, 4.69) is 19.2 Å². The Morgan fingerprint density at radius 3 is 2.00 bits per heavy atom. The molecule has 5 nitrogen and oxygen atoms in total. The molecule has 0 atom stereocenters. The molecule has 3 aromatic rings. The highest BCUT2D eigenvalue weighted by atomic mass is 16.2. The molecule has 0 saturated heterocycles. The number of nitrogens with one attached hydrogen (secondary N) is 1. The molecule has 1 N–H and O–H groups in total. The SMILES string of the molecule is CCc1cccc(CC)c1NC(=O)Cn1c(=O)n(CC)c2ccccc21. The molecule has 0 aliphatic heterocycles. The van der Waals surface area contributed by atoms with Crippen LogP contribution in [0, 0.1) is 0 Å². The van der Waals surface area contributed by atoms with Crippen molar-refractivity contribution >= 4 is 22.6 Å². The molecule has 5 heteroatoms. The zero-order valence-electron chi connectivity index (χ0n) is 15.6. The Balaban J connectivity index is 1.94. The van der Waals surface area contributed by atoms with Crippen LogP contribution in [-0.4, -0.2) is 15.0 Å². The molecule has 0 unspecified atom stereocenters. The fourth-order valence-electron chi connectivity index (χ4n) is 3.46. The molecular formula is C21H25N3O2. The van der Waals surface area contributed by atoms with E-state index in [1.54, 1.807) is 9.13 Å². The van der Waals surface area contributed by atoms with Crippen LogP contribution < -0.4 is 11.0 Å². The first kappa shape index (κ1) is 18.0. The standard InChI is InChI=1S/C21H25N3O2/c1-4-15-10-9-11-16(5-2)20(15)22-19(25)14-24-18-13-8-7-12-17(18)23(6-3)21(24)26/h7-13H,4-6,14H2,1-3H3,(H,22,25). The minimum Gasteiger partial charge on any atom is -0.324 e. The fraction of sp³-hybridized carbons (Fsp3) is 0.333. The van der Waals surface area contributed by atoms with E-state index in [0.717, 1.165) is 40.7 Å². The van der Waals surface area contributed by atoms with E-state index in [0.29, 0.717) is 6.54 Å². The number of aryl methyl sites for hydroxylation is 3. The van der Waals surface area contributed by atoms with Crippen molar-refractivity contribution in [1.29, 1.82) is 0 Å². The van der Waals surface area contributed by atoms with Crippen molar-refractivity contribution < 1.29 is 4.79 Å². The molecule has 0 aliphatic rings. The van der Waals surface area contributed by atoms with Gasteiger partial charge in [0.25, 0.3) is 0 Å². The zero-order valence-corrected chi connectivity index (χ0v) is 15.6. The van der Waals surface area contributed by atoms with Crippen LogP contribution in [-0.2, 0) is 30.7 Å². The smallest absolute Gasteiger partial charge is 0.324 e. The van der Waals surface area contributed by atoms with E-state index in [4.69, 9.17) is 0 Å². The predicted octanol–water partition coefficient (Wildman–Crippen LogP) is 3.59. The number of imidazole rings is 1. The van der Waals surface area contributed by atoms with Crippen LogP contribution in [0.15, 0.2) is 47.3 Å². The molecule has 0 spiro atoms. The average Bonchev–Trinajstić information content (AvgIpc) is 2.93. The maximum Gasteiger partial charge on any atom is 0.329 e. The van der Waals surface area contributed by atoms with Gasteiger partial charge in [0, 0.05) is 12.2 Å². The lowest BCUT2D eigenvalue weighted by molar-refractivity contribution is -0.116. The van der Waals surface area contributed by atoms with Gasteiger partial charge in [-0.3, -0.25) is 13.9 Å². The van der Waals surface area contributed by atoms with Gasteiger partial charge in [0.1, 0.15) is 6.54 Å². The minimum atomic E-state index is -0.179. The second-order valence-electron chi connectivity index (χ2n) is 6.31. The van der Waals surface area contributed by atoms with Crippen LogP contribution in [0.25, 0.3) is 11.0 Å². The third kappa shape index (κ3) is 3.17. The first-order valence-corrected chi connectivity index (χ1v) is 9.19. The first-order chi connectivity index (χ1) is 12.6. The van der Waals surface area contributed by atoms with Crippen molar-refractivity contribution in [2.45, 2.75) is 46.7 Å². The molecule has 2 aromatic carbocycles. The molecule has 0 aliphatic carbocycles. The lowest BCUT2D eigenvalue weighted by atomic mass is 10.0. The predicted molar refractivity (Wildman–Crippen MR) is 106 cm³/mol. The second kappa shape index (κ2) is 7.60. The van der Waals surface area contributed by atoms with E-state index in [-0.39, 0.29) is 18.1 Å². The van der Waals surface area contributed by atoms with Gasteiger partial charge in [-0.25, -0.2) is 4.79 Å². The summed E-state index contributed by atoms with van der Waals surface area (Å²) in [6.45, 7) is 6.66. The zero-order chi connectivity index (χ0) is 18.7. The van der Waals surface area contributed by atoms with Gasteiger partial charge in [0.15, 0.2) is 0 Å². The van der Waals surface area contributed by atoms with Gasteiger partial charge in [-0.05, 0) is 43.0 Å². The minimum absolute atomic E-state index is 0.00749. The highest BCUT2D eigenvalue weighted by Crippen LogP contribution is 2.22. The van der Waals surface area contributed by atoms with E-state index in [1.807, 2.05) is 49.4 Å². The molecule has 3 rings (SSSR count). The van der Waals surface area contributed by atoms with Gasteiger partial charge >= 0.3 is 5.69 Å². The molecule has 1 amide bonds. The monoisotopic (exact) mass is 351 g/mol. The Bertz CT molecular complexity index is 976. The van der Waals surface area contributed by atoms with Crippen molar-refractivity contribution in [2.75, 3.05) is 5.32 Å². The van der Waals surface area contributed by atoms with Crippen LogP contribution in [0.5, 0.6) is 0 Å². The van der Waals surface area contributed by atoms with Crippen LogP contribution >= 0.6 is 0 Å². The van der Waals surface area contributed by atoms with Gasteiger partial charge < -0.3 is 5.32 Å². The van der Waals surface area contributed by atoms with Crippen molar-refractivity contribution in [3.63, 3.8) is 0 Å². The number of anilines is 1. The van der Waals surface area contributed by atoms with Crippen LogP contribution in [0.2, 0.25) is 0 Å². The molecular weight excluding hydrogens is 326 g/mol. The number of carbonyl (C=O) groups excluding carboxylic acids is 1. The van der Waals surface area contributed by atoms with Gasteiger partial charge in [-0.2, -0.15) is 0 Å². The molecule has 136 valence electrons. The molecule has 0 fully saturated rings. The molecule has 0 radical (unpaired) electrons. The molecule has 0 saturated carbocycles. The number of carbonyl (C=O) groups is 1.